The maximum atomic E-state index is 12.4. The highest BCUT2D eigenvalue weighted by molar-refractivity contribution is 6.02. The van der Waals surface area contributed by atoms with Gasteiger partial charge in [0.05, 0.1) is 18.8 Å². The van der Waals surface area contributed by atoms with E-state index in [0.29, 0.717) is 13.1 Å². The SMILES string of the molecule is NC(=O)C1CCN(CC(=O)N2CCC(c3ccccc3)=N2)CC1. The van der Waals surface area contributed by atoms with Crippen LogP contribution in [0.4, 0.5) is 0 Å². The third-order valence-corrected chi connectivity index (χ3v) is 4.55. The summed E-state index contributed by atoms with van der Waals surface area (Å²) in [4.78, 5) is 25.6. The molecular formula is C17H22N4O2. The van der Waals surface area contributed by atoms with E-state index < -0.39 is 0 Å². The minimum absolute atomic E-state index is 0.0217. The molecule has 1 aromatic carbocycles. The van der Waals surface area contributed by atoms with E-state index in [4.69, 9.17) is 5.73 Å². The molecule has 0 aromatic heterocycles. The number of hydrogen-bond donors (Lipinski definition) is 1. The molecular weight excluding hydrogens is 292 g/mol. The van der Waals surface area contributed by atoms with Gasteiger partial charge < -0.3 is 5.73 Å². The predicted molar refractivity (Wildman–Crippen MR) is 87.7 cm³/mol. The van der Waals surface area contributed by atoms with E-state index in [1.54, 1.807) is 5.01 Å². The van der Waals surface area contributed by atoms with Crippen LogP contribution in [-0.2, 0) is 9.59 Å². The van der Waals surface area contributed by atoms with Crippen molar-refractivity contribution >= 4 is 17.5 Å². The number of likely N-dealkylation sites (tertiary alicyclic amines) is 1. The predicted octanol–water partition coefficient (Wildman–Crippen LogP) is 0.820. The summed E-state index contributed by atoms with van der Waals surface area (Å²) in [5.41, 5.74) is 7.37. The molecule has 1 fully saturated rings. The van der Waals surface area contributed by atoms with Crippen LogP contribution in [-0.4, -0.2) is 53.6 Å². The molecule has 2 aliphatic rings. The first kappa shape index (κ1) is 15.7. The summed E-state index contributed by atoms with van der Waals surface area (Å²) in [5, 5.41) is 6.04. The second-order valence-electron chi connectivity index (χ2n) is 6.13. The Hall–Kier alpha value is -2.21. The summed E-state index contributed by atoms with van der Waals surface area (Å²) in [7, 11) is 0. The van der Waals surface area contributed by atoms with Gasteiger partial charge in [0.25, 0.3) is 5.91 Å². The fourth-order valence-corrected chi connectivity index (χ4v) is 3.12. The average molecular weight is 314 g/mol. The molecule has 1 aromatic rings. The van der Waals surface area contributed by atoms with Crippen LogP contribution in [0.1, 0.15) is 24.8 Å². The van der Waals surface area contributed by atoms with Crippen LogP contribution in [0.5, 0.6) is 0 Å². The molecule has 0 aliphatic carbocycles. The normalized spacial score (nSPS) is 19.7. The molecule has 6 nitrogen and oxygen atoms in total. The Morgan fingerprint density at radius 3 is 2.48 bits per heavy atom. The van der Waals surface area contributed by atoms with Crippen LogP contribution in [0.25, 0.3) is 0 Å². The molecule has 122 valence electrons. The molecule has 3 rings (SSSR count). The molecule has 2 aliphatic heterocycles. The zero-order chi connectivity index (χ0) is 16.2. The Kier molecular flexibility index (Phi) is 4.71. The first-order chi connectivity index (χ1) is 11.1. The maximum Gasteiger partial charge on any atom is 0.256 e. The smallest absolute Gasteiger partial charge is 0.256 e. The Bertz CT molecular complexity index is 606. The van der Waals surface area contributed by atoms with Gasteiger partial charge in [-0.25, -0.2) is 5.01 Å². The number of nitrogens with zero attached hydrogens (tertiary/aromatic N) is 3. The van der Waals surface area contributed by atoms with E-state index in [1.807, 2.05) is 30.3 Å². The summed E-state index contributed by atoms with van der Waals surface area (Å²) in [6.45, 7) is 2.47. The highest BCUT2D eigenvalue weighted by atomic mass is 16.2. The maximum absolute atomic E-state index is 12.4. The van der Waals surface area contributed by atoms with Crippen molar-refractivity contribution in [3.63, 3.8) is 0 Å². The summed E-state index contributed by atoms with van der Waals surface area (Å²) in [6.07, 6.45) is 2.27. The lowest BCUT2D eigenvalue weighted by Gasteiger charge is -2.30. The van der Waals surface area contributed by atoms with Gasteiger partial charge in [0.1, 0.15) is 0 Å². The molecule has 0 spiro atoms. The number of benzene rings is 1. The van der Waals surface area contributed by atoms with Crippen molar-refractivity contribution in [3.05, 3.63) is 35.9 Å². The van der Waals surface area contributed by atoms with E-state index in [0.717, 1.165) is 43.6 Å². The van der Waals surface area contributed by atoms with Crippen LogP contribution in [0.3, 0.4) is 0 Å². The third kappa shape index (κ3) is 3.76. The van der Waals surface area contributed by atoms with Crippen LogP contribution >= 0.6 is 0 Å². The van der Waals surface area contributed by atoms with Gasteiger partial charge >= 0.3 is 0 Å². The van der Waals surface area contributed by atoms with Crippen molar-refractivity contribution in [2.45, 2.75) is 19.3 Å². The standard InChI is InChI=1S/C17H22N4O2/c18-17(23)14-6-9-20(10-7-14)12-16(22)21-11-8-15(19-21)13-4-2-1-3-5-13/h1-5,14H,6-12H2,(H2,18,23). The van der Waals surface area contributed by atoms with Crippen LogP contribution < -0.4 is 5.73 Å². The molecule has 6 heteroatoms. The van der Waals surface area contributed by atoms with E-state index in [1.165, 1.54) is 0 Å². The number of primary amides is 1. The molecule has 2 heterocycles. The summed E-state index contributed by atoms with van der Waals surface area (Å²) >= 11 is 0. The minimum atomic E-state index is -0.229. The molecule has 0 saturated carbocycles. The van der Waals surface area contributed by atoms with Crippen molar-refractivity contribution < 1.29 is 9.59 Å². The number of carbonyl (C=O) groups excluding carboxylic acids is 2. The Labute approximate surface area is 135 Å². The number of hydrogen-bond acceptors (Lipinski definition) is 4. The molecule has 0 radical (unpaired) electrons. The van der Waals surface area contributed by atoms with E-state index in [-0.39, 0.29) is 17.7 Å². The van der Waals surface area contributed by atoms with Gasteiger partial charge in [-0.2, -0.15) is 5.10 Å². The Morgan fingerprint density at radius 2 is 1.83 bits per heavy atom. The van der Waals surface area contributed by atoms with E-state index >= 15 is 0 Å². The zero-order valence-electron chi connectivity index (χ0n) is 13.1. The first-order valence-electron chi connectivity index (χ1n) is 8.08. The zero-order valence-corrected chi connectivity index (χ0v) is 13.1. The fourth-order valence-electron chi connectivity index (χ4n) is 3.12. The largest absolute Gasteiger partial charge is 0.369 e. The number of rotatable bonds is 4. The van der Waals surface area contributed by atoms with Crippen molar-refractivity contribution in [2.75, 3.05) is 26.2 Å². The summed E-state index contributed by atoms with van der Waals surface area (Å²) in [5.74, 6) is -0.253. The van der Waals surface area contributed by atoms with Gasteiger partial charge in [-0.05, 0) is 31.5 Å². The second-order valence-corrected chi connectivity index (χ2v) is 6.13. The lowest BCUT2D eigenvalue weighted by molar-refractivity contribution is -0.132. The molecule has 0 atom stereocenters. The van der Waals surface area contributed by atoms with Gasteiger partial charge in [0, 0.05) is 12.3 Å². The van der Waals surface area contributed by atoms with Gasteiger partial charge in [-0.3, -0.25) is 14.5 Å². The molecule has 23 heavy (non-hydrogen) atoms. The Balaban J connectivity index is 1.54. The minimum Gasteiger partial charge on any atom is -0.369 e. The molecule has 1 saturated heterocycles. The topological polar surface area (TPSA) is 79.0 Å². The number of hydrazone groups is 1. The van der Waals surface area contributed by atoms with Crippen molar-refractivity contribution in [1.82, 2.24) is 9.91 Å². The highest BCUT2D eigenvalue weighted by Gasteiger charge is 2.27. The lowest BCUT2D eigenvalue weighted by atomic mass is 9.96. The van der Waals surface area contributed by atoms with Crippen molar-refractivity contribution in [3.8, 4) is 0 Å². The van der Waals surface area contributed by atoms with E-state index in [9.17, 15) is 9.59 Å². The van der Waals surface area contributed by atoms with E-state index in [2.05, 4.69) is 10.0 Å². The second kappa shape index (κ2) is 6.91. The number of amides is 2. The average Bonchev–Trinajstić information content (AvgIpc) is 3.06. The Morgan fingerprint density at radius 1 is 1.13 bits per heavy atom. The van der Waals surface area contributed by atoms with Gasteiger partial charge in [0.15, 0.2) is 0 Å². The van der Waals surface area contributed by atoms with Crippen molar-refractivity contribution in [2.24, 2.45) is 16.8 Å². The van der Waals surface area contributed by atoms with Gasteiger partial charge in [-0.15, -0.1) is 0 Å². The third-order valence-electron chi connectivity index (χ3n) is 4.55. The number of nitrogens with two attached hydrogens (primary N) is 1. The number of piperidine rings is 1. The quantitative estimate of drug-likeness (QED) is 0.893. The van der Waals surface area contributed by atoms with Gasteiger partial charge in [0.2, 0.25) is 5.91 Å². The summed E-state index contributed by atoms with van der Waals surface area (Å²) in [6, 6.07) is 9.96. The molecule has 2 N–H and O–H groups in total. The molecule has 0 bridgehead atoms. The number of carbonyl (C=O) groups is 2. The monoisotopic (exact) mass is 314 g/mol. The summed E-state index contributed by atoms with van der Waals surface area (Å²) < 4.78 is 0. The fraction of sp³-hybridized carbons (Fsp3) is 0.471. The van der Waals surface area contributed by atoms with Crippen LogP contribution in [0.15, 0.2) is 35.4 Å². The molecule has 2 amide bonds. The van der Waals surface area contributed by atoms with Crippen LogP contribution in [0, 0.1) is 5.92 Å². The lowest BCUT2D eigenvalue weighted by Crippen LogP contribution is -2.43. The molecule has 0 unspecified atom stereocenters. The first-order valence-corrected chi connectivity index (χ1v) is 8.08. The van der Waals surface area contributed by atoms with Crippen LogP contribution in [0.2, 0.25) is 0 Å². The highest BCUT2D eigenvalue weighted by Crippen LogP contribution is 2.18. The van der Waals surface area contributed by atoms with Gasteiger partial charge in [-0.1, -0.05) is 30.3 Å². The van der Waals surface area contributed by atoms with Crippen molar-refractivity contribution in [1.29, 1.82) is 0 Å².